The number of halogens is 3. The monoisotopic (exact) mass is 886 g/mol. The Kier molecular flexibility index (Phi) is 12.2. The van der Waals surface area contributed by atoms with E-state index in [4.69, 9.17) is 35.1 Å². The molecule has 2 bridgehead atoms. The van der Waals surface area contributed by atoms with Crippen molar-refractivity contribution in [1.82, 2.24) is 25.2 Å². The molecule has 2 aromatic carbocycles. The van der Waals surface area contributed by atoms with Gasteiger partial charge in [0.25, 0.3) is 0 Å². The van der Waals surface area contributed by atoms with Crippen molar-refractivity contribution in [3.8, 4) is 35.4 Å². The first-order valence-corrected chi connectivity index (χ1v) is 21.7. The first-order valence-electron chi connectivity index (χ1n) is 21.7. The van der Waals surface area contributed by atoms with E-state index >= 15 is 8.78 Å². The van der Waals surface area contributed by atoms with Gasteiger partial charge in [0.05, 0.1) is 27.3 Å². The van der Waals surface area contributed by atoms with Gasteiger partial charge >= 0.3 is 24.1 Å². The summed E-state index contributed by atoms with van der Waals surface area (Å²) in [4.78, 5) is 56.8. The molecule has 4 aromatic rings. The van der Waals surface area contributed by atoms with E-state index in [-0.39, 0.29) is 63.6 Å². The van der Waals surface area contributed by atoms with Crippen LogP contribution in [0, 0.1) is 34.8 Å². The summed E-state index contributed by atoms with van der Waals surface area (Å²) in [6.45, 7) is 11.4. The molecular formula is C47H53F3N6O8. The number of terminal acetylenes is 1. The van der Waals surface area contributed by atoms with Crippen molar-refractivity contribution in [3.63, 3.8) is 0 Å². The summed E-state index contributed by atoms with van der Waals surface area (Å²) >= 11 is 0. The van der Waals surface area contributed by atoms with E-state index in [9.17, 15) is 18.8 Å². The minimum Gasteiger partial charge on any atom is -0.461 e. The Morgan fingerprint density at radius 2 is 1.67 bits per heavy atom. The van der Waals surface area contributed by atoms with Crippen LogP contribution in [0.2, 0.25) is 0 Å². The molecule has 4 aliphatic rings. The summed E-state index contributed by atoms with van der Waals surface area (Å²) in [6.07, 6.45) is 7.71. The fourth-order valence-electron chi connectivity index (χ4n) is 9.08. The van der Waals surface area contributed by atoms with Gasteiger partial charge in [0.2, 0.25) is 0 Å². The number of alkyl halides is 1. The van der Waals surface area contributed by atoms with E-state index in [2.05, 4.69) is 31.0 Å². The number of nitrogens with zero attached hydrogens (tertiary/aromatic N) is 5. The Hall–Kier alpha value is -5.73. The smallest absolute Gasteiger partial charge is 0.461 e. The average molecular weight is 887 g/mol. The Labute approximate surface area is 369 Å². The average Bonchev–Trinajstić information content (AvgIpc) is 3.89. The summed E-state index contributed by atoms with van der Waals surface area (Å²) in [5.41, 5.74) is -2.89. The fourth-order valence-corrected chi connectivity index (χ4v) is 9.08. The molecule has 1 N–H and O–H groups in total. The minimum absolute atomic E-state index is 0.0230. The number of benzene rings is 2. The third-order valence-corrected chi connectivity index (χ3v) is 12.3. The second-order valence-corrected chi connectivity index (χ2v) is 19.3. The molecule has 14 nitrogen and oxygen atoms in total. The maximum atomic E-state index is 17.5. The predicted molar refractivity (Wildman–Crippen MR) is 231 cm³/mol. The molecule has 4 fully saturated rings. The number of hydrogen-bond acceptors (Lipinski definition) is 14. The number of piperazine rings is 1. The molecule has 0 saturated carbocycles. The van der Waals surface area contributed by atoms with Gasteiger partial charge in [-0.15, -0.1) is 6.42 Å². The van der Waals surface area contributed by atoms with Crippen LogP contribution in [-0.4, -0.2) is 114 Å². The van der Waals surface area contributed by atoms with Crippen molar-refractivity contribution in [3.05, 3.63) is 47.7 Å². The van der Waals surface area contributed by atoms with Crippen LogP contribution >= 0.6 is 0 Å². The Morgan fingerprint density at radius 3 is 2.33 bits per heavy atom. The van der Waals surface area contributed by atoms with Crippen molar-refractivity contribution in [2.24, 2.45) is 10.8 Å². The zero-order valence-corrected chi connectivity index (χ0v) is 36.9. The van der Waals surface area contributed by atoms with Gasteiger partial charge in [-0.3, -0.25) is 19.5 Å². The lowest BCUT2D eigenvalue weighted by Gasteiger charge is -2.34. The molecule has 4 saturated heterocycles. The van der Waals surface area contributed by atoms with Gasteiger partial charge in [0.1, 0.15) is 54.6 Å². The number of carbonyl (C=O) groups excluding carboxylic acids is 3. The lowest BCUT2D eigenvalue weighted by Crippen LogP contribution is -2.51. The number of rotatable bonds is 11. The van der Waals surface area contributed by atoms with Crippen LogP contribution in [0.15, 0.2) is 30.5 Å². The highest BCUT2D eigenvalue weighted by atomic mass is 19.1. The van der Waals surface area contributed by atoms with E-state index < -0.39 is 71.6 Å². The number of carbonyl (C=O) groups is 3. The first kappa shape index (κ1) is 44.9. The molecule has 0 aliphatic carbocycles. The molecule has 8 rings (SSSR count). The van der Waals surface area contributed by atoms with Crippen LogP contribution in [0.3, 0.4) is 0 Å². The third kappa shape index (κ3) is 9.12. The van der Waals surface area contributed by atoms with Gasteiger partial charge in [0, 0.05) is 55.3 Å². The van der Waals surface area contributed by atoms with Gasteiger partial charge in [0.15, 0.2) is 11.9 Å². The van der Waals surface area contributed by atoms with Crippen molar-refractivity contribution in [2.45, 2.75) is 104 Å². The molecule has 4 aliphatic heterocycles. The molecule has 6 heterocycles. The predicted octanol–water partition coefficient (Wildman–Crippen LogP) is 7.06. The molecule has 0 radical (unpaired) electrons. The fraction of sp³-hybridized carbons (Fsp3) is 0.532. The van der Waals surface area contributed by atoms with Gasteiger partial charge in [-0.1, -0.05) is 12.0 Å². The highest BCUT2D eigenvalue weighted by Crippen LogP contribution is 2.42. The minimum atomic E-state index is -1.27. The van der Waals surface area contributed by atoms with Crippen LogP contribution in [-0.2, 0) is 23.8 Å². The van der Waals surface area contributed by atoms with Crippen LogP contribution < -0.4 is 19.7 Å². The van der Waals surface area contributed by atoms with Gasteiger partial charge in [-0.25, -0.2) is 18.0 Å². The highest BCUT2D eigenvalue weighted by Gasteiger charge is 2.49. The van der Waals surface area contributed by atoms with Gasteiger partial charge < -0.3 is 33.9 Å². The zero-order valence-electron chi connectivity index (χ0n) is 36.9. The van der Waals surface area contributed by atoms with E-state index in [1.54, 1.807) is 41.5 Å². The van der Waals surface area contributed by atoms with E-state index in [1.165, 1.54) is 24.4 Å². The van der Waals surface area contributed by atoms with Crippen molar-refractivity contribution < 1.29 is 51.2 Å². The number of anilines is 1. The Bertz CT molecular complexity index is 2500. The van der Waals surface area contributed by atoms with E-state index in [0.29, 0.717) is 37.3 Å². The molecule has 4 atom stereocenters. The Balaban J connectivity index is 1.16. The second-order valence-electron chi connectivity index (χ2n) is 19.3. The number of ether oxygens (including phenoxy) is 5. The number of nitrogens with one attached hydrogen (secondary N) is 1. The lowest BCUT2D eigenvalue weighted by atomic mass is 9.95. The summed E-state index contributed by atoms with van der Waals surface area (Å²) in [5, 5.41) is 4.30. The number of esters is 2. The zero-order chi connectivity index (χ0) is 45.7. The molecule has 0 amide bonds. The standard InChI is InChI=1S/C47H53F3N6O8/c1-8-32-35(49)13-10-26-16-30(63-44(59)64-31(23-60-41(57)45(2,3)4)24-61-42(58)46(5,6)7)17-33(36(26)32)38-37(50)39-34(19-51-38)40(55-21-28-11-12-29(22-55)52-28)54-43(53-39)62-25-47-14-9-15-56(47)20-27(48)18-47/h1,10,13,16-17,19,27-29,31,52H,9,11-12,14-15,18,20-25H2,2-7H3/t27-,28?,29?,47+/m1/s1. The molecule has 340 valence electrons. The van der Waals surface area contributed by atoms with E-state index in [0.717, 1.165) is 38.3 Å². The summed E-state index contributed by atoms with van der Waals surface area (Å²) in [5.74, 6) is -0.179. The van der Waals surface area contributed by atoms with Crippen LogP contribution in [0.4, 0.5) is 23.8 Å². The van der Waals surface area contributed by atoms with E-state index in [1.807, 2.05) is 0 Å². The quantitative estimate of drug-likeness (QED) is 0.0707. The molecular weight excluding hydrogens is 834 g/mol. The summed E-state index contributed by atoms with van der Waals surface area (Å²) in [6, 6.07) is 5.56. The largest absolute Gasteiger partial charge is 0.514 e. The lowest BCUT2D eigenvalue weighted by molar-refractivity contribution is -0.162. The van der Waals surface area contributed by atoms with Crippen molar-refractivity contribution in [1.29, 1.82) is 0 Å². The summed E-state index contributed by atoms with van der Waals surface area (Å²) in [7, 11) is 0. The van der Waals surface area contributed by atoms with Crippen molar-refractivity contribution >= 4 is 45.6 Å². The van der Waals surface area contributed by atoms with Gasteiger partial charge in [-0.2, -0.15) is 9.97 Å². The topological polar surface area (TPSA) is 155 Å². The molecule has 17 heteroatoms. The number of hydrogen-bond donors (Lipinski definition) is 1. The number of aromatic nitrogens is 3. The van der Waals surface area contributed by atoms with Crippen molar-refractivity contribution in [2.75, 3.05) is 50.9 Å². The van der Waals surface area contributed by atoms with Crippen LogP contribution in [0.1, 0.15) is 79.2 Å². The molecule has 0 spiro atoms. The normalized spacial score (nSPS) is 22.1. The number of pyridine rings is 1. The van der Waals surface area contributed by atoms with Gasteiger partial charge in [-0.05, 0) is 97.4 Å². The molecule has 2 unspecified atom stereocenters. The summed E-state index contributed by atoms with van der Waals surface area (Å²) < 4.78 is 75.8. The maximum Gasteiger partial charge on any atom is 0.514 e. The maximum absolute atomic E-state index is 17.5. The first-order chi connectivity index (χ1) is 30.3. The second kappa shape index (κ2) is 17.3. The highest BCUT2D eigenvalue weighted by molar-refractivity contribution is 6.03. The number of fused-ring (bicyclic) bond motifs is 5. The van der Waals surface area contributed by atoms with Crippen LogP contribution in [0.5, 0.6) is 11.8 Å². The molecule has 2 aromatic heterocycles. The molecule has 64 heavy (non-hydrogen) atoms. The van der Waals surface area contributed by atoms with Crippen LogP contribution in [0.25, 0.3) is 32.9 Å². The third-order valence-electron chi connectivity index (χ3n) is 12.3. The Morgan fingerprint density at radius 1 is 0.984 bits per heavy atom. The SMILES string of the molecule is C#Cc1c(F)ccc2cc(OC(=O)OC(COC(=O)C(C)(C)C)COC(=O)C(C)(C)C)cc(-c3ncc4c(N5CC6CCC(C5)N6)nc(OC[C@@]56CCCN5C[C@H](F)C6)nc4c3F)c12.